The van der Waals surface area contributed by atoms with Crippen LogP contribution in [0.1, 0.15) is 56.2 Å². The standard InChI is InChI=1S/C61H60N8O4.Zn/c1-67(2)55-35-51(39-62-56(58(70)72-3)37-53-41-68(43-64-53)60(45-23-11-5-12-24-45,46-25-13-6-14-26-46)47-27-15-7-16-28-47)66-52(36-55)40-63-57(59(71)73-4)38-54-42-69(44-65-54)61(48-29-17-8-18-30-48,49-31-19-9-20-32-49)50-33-21-10-22-34-50;/h5-36,41-44,56-57,62-63H,37-40H2,1-4H3;. The Morgan fingerprint density at radius 3 is 1.03 bits per heavy atom. The molecule has 9 rings (SSSR count). The smallest absolute Gasteiger partial charge is 0.323 e. The van der Waals surface area contributed by atoms with Crippen molar-refractivity contribution in [1.82, 2.24) is 34.7 Å². The van der Waals surface area contributed by atoms with Gasteiger partial charge < -0.3 is 23.5 Å². The third kappa shape index (κ3) is 11.1. The van der Waals surface area contributed by atoms with Crippen LogP contribution < -0.4 is 15.5 Å². The molecule has 12 nitrogen and oxygen atoms in total. The summed E-state index contributed by atoms with van der Waals surface area (Å²) in [5, 5.41) is 6.87. The van der Waals surface area contributed by atoms with Crippen LogP contribution in [-0.4, -0.2) is 76.4 Å². The summed E-state index contributed by atoms with van der Waals surface area (Å²) >= 11 is 0. The maximum Gasteiger partial charge on any atom is 0.323 e. The zero-order valence-electron chi connectivity index (χ0n) is 42.3. The number of rotatable bonds is 21. The van der Waals surface area contributed by atoms with Crippen molar-refractivity contribution in [2.75, 3.05) is 33.2 Å². The number of benzene rings is 6. The van der Waals surface area contributed by atoms with E-state index in [9.17, 15) is 9.59 Å². The molecule has 0 aliphatic rings. The van der Waals surface area contributed by atoms with Gasteiger partial charge in [0.05, 0.1) is 49.6 Å². The first-order valence-corrected chi connectivity index (χ1v) is 24.4. The monoisotopic (exact) mass is 1030 g/mol. The van der Waals surface area contributed by atoms with E-state index in [1.165, 1.54) is 14.2 Å². The molecule has 6 aromatic carbocycles. The fraction of sp³-hybridized carbons (Fsp3) is 0.197. The zero-order chi connectivity index (χ0) is 50.6. The zero-order valence-corrected chi connectivity index (χ0v) is 45.3. The number of hydrogen-bond donors (Lipinski definition) is 2. The number of hydrogen-bond acceptors (Lipinski definition) is 10. The number of pyridine rings is 1. The fourth-order valence-electron chi connectivity index (χ4n) is 9.98. The average molecular weight is 1030 g/mol. The number of aromatic nitrogens is 5. The van der Waals surface area contributed by atoms with Crippen molar-refractivity contribution >= 4 is 17.6 Å². The summed E-state index contributed by atoms with van der Waals surface area (Å²) in [6, 6.07) is 64.8. The molecule has 3 aromatic heterocycles. The Morgan fingerprint density at radius 2 is 0.770 bits per heavy atom. The first-order chi connectivity index (χ1) is 35.7. The molecule has 0 radical (unpaired) electrons. The Morgan fingerprint density at radius 1 is 0.486 bits per heavy atom. The molecule has 13 heteroatoms. The molecule has 74 heavy (non-hydrogen) atoms. The van der Waals surface area contributed by atoms with Crippen LogP contribution in [0, 0.1) is 0 Å². The number of anilines is 1. The summed E-state index contributed by atoms with van der Waals surface area (Å²) in [7, 11) is 6.71. The van der Waals surface area contributed by atoms with E-state index in [0.29, 0.717) is 22.8 Å². The fourth-order valence-corrected chi connectivity index (χ4v) is 9.98. The number of methoxy groups -OCH3 is 2. The Bertz CT molecular complexity index is 2790. The molecule has 0 saturated carbocycles. The van der Waals surface area contributed by atoms with Gasteiger partial charge in [-0.15, -0.1) is 0 Å². The van der Waals surface area contributed by atoms with Crippen LogP contribution in [0.15, 0.2) is 219 Å². The molecule has 2 N–H and O–H groups in total. The minimum atomic E-state index is -0.752. The number of carbonyl (C=O) groups is 2. The van der Waals surface area contributed by atoms with Crippen LogP contribution in [0.4, 0.5) is 5.69 Å². The third-order valence-electron chi connectivity index (χ3n) is 13.5. The molecule has 0 saturated heterocycles. The van der Waals surface area contributed by atoms with Gasteiger partial charge in [0, 0.05) is 77.6 Å². The van der Waals surface area contributed by atoms with Gasteiger partial charge in [-0.2, -0.15) is 0 Å². The van der Waals surface area contributed by atoms with E-state index >= 15 is 0 Å². The minimum Gasteiger partial charge on any atom is -0.468 e. The van der Waals surface area contributed by atoms with Crippen LogP contribution in [-0.2, 0) is 75.5 Å². The van der Waals surface area contributed by atoms with Gasteiger partial charge in [0.2, 0.25) is 0 Å². The topological polar surface area (TPSA) is 128 Å². The van der Waals surface area contributed by atoms with Crippen molar-refractivity contribution in [3.8, 4) is 0 Å². The predicted molar refractivity (Wildman–Crippen MR) is 285 cm³/mol. The van der Waals surface area contributed by atoms with E-state index < -0.39 is 35.1 Å². The van der Waals surface area contributed by atoms with Crippen molar-refractivity contribution < 1.29 is 38.5 Å². The number of imidazole rings is 2. The molecule has 0 bridgehead atoms. The van der Waals surface area contributed by atoms with Crippen molar-refractivity contribution in [3.63, 3.8) is 0 Å². The van der Waals surface area contributed by atoms with Gasteiger partial charge in [0.15, 0.2) is 0 Å². The second kappa shape index (κ2) is 24.3. The minimum absolute atomic E-state index is 0. The van der Waals surface area contributed by atoms with Crippen molar-refractivity contribution in [2.45, 2.75) is 49.1 Å². The van der Waals surface area contributed by atoms with E-state index in [1.54, 1.807) is 0 Å². The van der Waals surface area contributed by atoms with Crippen molar-refractivity contribution in [1.29, 1.82) is 0 Å². The average Bonchev–Trinajstić information content (AvgIpc) is 4.13. The second-order valence-corrected chi connectivity index (χ2v) is 18.2. The molecule has 370 valence electrons. The summed E-state index contributed by atoms with van der Waals surface area (Å²) < 4.78 is 15.0. The first kappa shape index (κ1) is 52.5. The summed E-state index contributed by atoms with van der Waals surface area (Å²) in [6.45, 7) is 0.502. The van der Waals surface area contributed by atoms with Crippen LogP contribution >= 0.6 is 0 Å². The summed E-state index contributed by atoms with van der Waals surface area (Å²) in [6.07, 6.45) is 8.25. The van der Waals surface area contributed by atoms with Crippen molar-refractivity contribution in [3.05, 3.63) is 275 Å². The molecule has 2 atom stereocenters. The van der Waals surface area contributed by atoms with E-state index in [1.807, 2.05) is 92.6 Å². The number of ether oxygens (including phenoxy) is 2. The number of nitrogens with one attached hydrogen (secondary N) is 2. The van der Waals surface area contributed by atoms with Gasteiger partial charge in [-0.05, 0) is 45.5 Å². The van der Waals surface area contributed by atoms with E-state index in [-0.39, 0.29) is 45.4 Å². The van der Waals surface area contributed by atoms with E-state index in [2.05, 4.69) is 165 Å². The van der Waals surface area contributed by atoms with Crippen LogP contribution in [0.3, 0.4) is 0 Å². The molecule has 0 fully saturated rings. The van der Waals surface area contributed by atoms with Gasteiger partial charge in [0.1, 0.15) is 23.2 Å². The first-order valence-electron chi connectivity index (χ1n) is 24.4. The van der Waals surface area contributed by atoms with Gasteiger partial charge in [-0.25, -0.2) is 9.97 Å². The maximum absolute atomic E-state index is 13.5. The maximum atomic E-state index is 13.5. The molecule has 3 heterocycles. The summed E-state index contributed by atoms with van der Waals surface area (Å²) in [5.74, 6) is -0.838. The molecule has 0 spiro atoms. The molecule has 9 aromatic rings. The van der Waals surface area contributed by atoms with Crippen LogP contribution in [0.25, 0.3) is 0 Å². The molecule has 2 unspecified atom stereocenters. The Balaban J connectivity index is 0.00000729. The van der Waals surface area contributed by atoms with Gasteiger partial charge in [0.25, 0.3) is 0 Å². The largest absolute Gasteiger partial charge is 0.468 e. The van der Waals surface area contributed by atoms with Crippen molar-refractivity contribution in [2.24, 2.45) is 0 Å². The van der Waals surface area contributed by atoms with Gasteiger partial charge in [-0.3, -0.25) is 25.2 Å². The Kier molecular flexibility index (Phi) is 17.2. The summed E-state index contributed by atoms with van der Waals surface area (Å²) in [5.41, 5.74) is 8.62. The van der Waals surface area contributed by atoms with Crippen LogP contribution in [0.5, 0.6) is 0 Å². The van der Waals surface area contributed by atoms with E-state index in [0.717, 1.165) is 39.1 Å². The third-order valence-corrected chi connectivity index (χ3v) is 13.5. The second-order valence-electron chi connectivity index (χ2n) is 18.2. The van der Waals surface area contributed by atoms with Gasteiger partial charge >= 0.3 is 11.9 Å². The van der Waals surface area contributed by atoms with Crippen LogP contribution in [0.2, 0.25) is 0 Å². The Labute approximate surface area is 446 Å². The number of carbonyl (C=O) groups excluding carboxylic acids is 2. The SMILES string of the molecule is COC(=O)C(Cc1cn(C(c2ccccc2)(c2ccccc2)c2ccccc2)cn1)NCc1cc(N(C)C)cc(CNC(Cc2cn(C(c3ccccc3)(c3ccccc3)c3ccccc3)cn2)C(=O)OC)n1.[Zn]. The molecular formula is C61H60N8O4Zn. The number of nitrogens with zero attached hydrogens (tertiary/aromatic N) is 6. The number of esters is 2. The molecule has 0 aliphatic heterocycles. The molecule has 0 aliphatic carbocycles. The predicted octanol–water partition coefficient (Wildman–Crippen LogP) is 8.97. The van der Waals surface area contributed by atoms with E-state index in [4.69, 9.17) is 24.4 Å². The summed E-state index contributed by atoms with van der Waals surface area (Å²) in [4.78, 5) is 43.9. The normalized spacial score (nSPS) is 12.3. The molecular weight excluding hydrogens is 974 g/mol. The quantitative estimate of drug-likeness (QED) is 0.0409. The molecule has 0 amide bonds. The van der Waals surface area contributed by atoms with Gasteiger partial charge in [-0.1, -0.05) is 182 Å². The Hall–Kier alpha value is -7.83.